The summed E-state index contributed by atoms with van der Waals surface area (Å²) in [6, 6.07) is 0. The summed E-state index contributed by atoms with van der Waals surface area (Å²) < 4.78 is 10.2. The molecule has 1 unspecified atom stereocenters. The minimum absolute atomic E-state index is 0.0709. The Morgan fingerprint density at radius 1 is 1.44 bits per heavy atom. The molecule has 0 N–H and O–H groups in total. The first-order chi connectivity index (χ1) is 8.65. The first-order valence-corrected chi connectivity index (χ1v) is 6.98. The van der Waals surface area contributed by atoms with Crippen LogP contribution in [0, 0.1) is 11.8 Å². The van der Waals surface area contributed by atoms with Crippen LogP contribution in [0.3, 0.4) is 0 Å². The van der Waals surface area contributed by atoms with Crippen LogP contribution in [-0.2, 0) is 19.1 Å². The SMILES string of the molecule is CCOC(=O)C1CCCC[C@@H]([C@@H](CCl)OC)C1=O. The molecule has 0 radical (unpaired) electrons. The third-order valence-electron chi connectivity index (χ3n) is 3.44. The van der Waals surface area contributed by atoms with Gasteiger partial charge in [0, 0.05) is 18.9 Å². The Balaban J connectivity index is 2.80. The van der Waals surface area contributed by atoms with E-state index in [4.69, 9.17) is 21.1 Å². The molecule has 4 nitrogen and oxygen atoms in total. The van der Waals surface area contributed by atoms with Crippen molar-refractivity contribution in [1.82, 2.24) is 0 Å². The third kappa shape index (κ3) is 3.69. The summed E-state index contributed by atoms with van der Waals surface area (Å²) in [5.41, 5.74) is 0. The summed E-state index contributed by atoms with van der Waals surface area (Å²) >= 11 is 5.81. The van der Waals surface area contributed by atoms with Gasteiger partial charge in [-0.05, 0) is 19.8 Å². The summed E-state index contributed by atoms with van der Waals surface area (Å²) in [4.78, 5) is 24.2. The van der Waals surface area contributed by atoms with E-state index in [0.717, 1.165) is 19.3 Å². The molecule has 104 valence electrons. The quantitative estimate of drug-likeness (QED) is 0.334. The van der Waals surface area contributed by atoms with Crippen molar-refractivity contribution in [3.05, 3.63) is 0 Å². The van der Waals surface area contributed by atoms with Gasteiger partial charge in [-0.1, -0.05) is 12.8 Å². The fraction of sp³-hybridized carbons (Fsp3) is 0.846. The van der Waals surface area contributed by atoms with Gasteiger partial charge >= 0.3 is 5.97 Å². The number of hydrogen-bond acceptors (Lipinski definition) is 4. The van der Waals surface area contributed by atoms with Gasteiger partial charge in [-0.15, -0.1) is 11.6 Å². The molecule has 1 aliphatic carbocycles. The molecule has 0 aromatic carbocycles. The molecule has 1 rings (SSSR count). The number of rotatable bonds is 5. The minimum atomic E-state index is -0.640. The first kappa shape index (κ1) is 15.4. The molecule has 0 aromatic heterocycles. The molecule has 0 aromatic rings. The maximum atomic E-state index is 12.4. The summed E-state index contributed by atoms with van der Waals surface area (Å²) in [5, 5.41) is 0. The highest BCUT2D eigenvalue weighted by Crippen LogP contribution is 2.29. The van der Waals surface area contributed by atoms with E-state index in [1.54, 1.807) is 14.0 Å². The van der Waals surface area contributed by atoms with E-state index in [1.807, 2.05) is 0 Å². The van der Waals surface area contributed by atoms with Gasteiger partial charge in [0.1, 0.15) is 5.92 Å². The number of hydrogen-bond donors (Lipinski definition) is 0. The molecule has 18 heavy (non-hydrogen) atoms. The van der Waals surface area contributed by atoms with Gasteiger partial charge in [-0.3, -0.25) is 9.59 Å². The van der Waals surface area contributed by atoms with E-state index >= 15 is 0 Å². The summed E-state index contributed by atoms with van der Waals surface area (Å²) in [7, 11) is 1.55. The molecular formula is C13H21ClO4. The maximum absolute atomic E-state index is 12.4. The number of Topliss-reactive ketones (excluding diaryl/α,β-unsaturated/α-hetero) is 1. The molecule has 0 amide bonds. The number of esters is 1. The molecule has 0 aliphatic heterocycles. The van der Waals surface area contributed by atoms with E-state index in [9.17, 15) is 9.59 Å². The van der Waals surface area contributed by atoms with Crippen LogP contribution in [0.1, 0.15) is 32.6 Å². The highest BCUT2D eigenvalue weighted by atomic mass is 35.5. The normalized spacial score (nSPS) is 26.5. The Kier molecular flexibility index (Phi) is 6.65. The molecule has 5 heteroatoms. The fourth-order valence-corrected chi connectivity index (χ4v) is 2.78. The number of alkyl halides is 1. The topological polar surface area (TPSA) is 52.6 Å². The zero-order valence-electron chi connectivity index (χ0n) is 11.0. The standard InChI is InChI=1S/C13H21ClO4/c1-3-18-13(16)10-7-5-4-6-9(12(10)15)11(8-14)17-2/h9-11H,3-8H2,1-2H3/t9-,10?,11+/m0/s1. The fourth-order valence-electron chi connectivity index (χ4n) is 2.44. The number of carbonyl (C=O) groups excluding carboxylic acids is 2. The molecule has 1 aliphatic rings. The lowest BCUT2D eigenvalue weighted by Crippen LogP contribution is -2.37. The van der Waals surface area contributed by atoms with Gasteiger partial charge in [-0.2, -0.15) is 0 Å². The average Bonchev–Trinajstić information content (AvgIpc) is 2.54. The predicted octanol–water partition coefficient (Wildman–Crippen LogP) is 2.18. The lowest BCUT2D eigenvalue weighted by atomic mass is 9.88. The zero-order chi connectivity index (χ0) is 13.5. The number of ketones is 1. The molecule has 1 fully saturated rings. The van der Waals surface area contributed by atoms with Crippen LogP contribution in [0.2, 0.25) is 0 Å². The number of ether oxygens (including phenoxy) is 2. The molecule has 0 heterocycles. The average molecular weight is 277 g/mol. The molecule has 3 atom stereocenters. The van der Waals surface area contributed by atoms with Gasteiger partial charge < -0.3 is 9.47 Å². The van der Waals surface area contributed by atoms with E-state index in [-0.39, 0.29) is 23.7 Å². The van der Waals surface area contributed by atoms with Crippen molar-refractivity contribution in [2.75, 3.05) is 19.6 Å². The van der Waals surface area contributed by atoms with Crippen LogP contribution in [0.25, 0.3) is 0 Å². The Bertz CT molecular complexity index is 289. The van der Waals surface area contributed by atoms with Crippen LogP contribution in [-0.4, -0.2) is 37.5 Å². The summed E-state index contributed by atoms with van der Waals surface area (Å²) in [5.74, 6) is -1.14. The lowest BCUT2D eigenvalue weighted by molar-refractivity contribution is -0.153. The highest BCUT2D eigenvalue weighted by Gasteiger charge is 2.38. The summed E-state index contributed by atoms with van der Waals surface area (Å²) in [6.07, 6.45) is 2.79. The van der Waals surface area contributed by atoms with Crippen LogP contribution >= 0.6 is 11.6 Å². The number of carbonyl (C=O) groups is 2. The van der Waals surface area contributed by atoms with E-state index in [1.165, 1.54) is 0 Å². The van der Waals surface area contributed by atoms with Gasteiger partial charge in [0.15, 0.2) is 5.78 Å². The monoisotopic (exact) mass is 276 g/mol. The van der Waals surface area contributed by atoms with Crippen LogP contribution in [0.4, 0.5) is 0 Å². The molecule has 0 spiro atoms. The van der Waals surface area contributed by atoms with Crippen molar-refractivity contribution in [2.45, 2.75) is 38.7 Å². The molecule has 1 saturated carbocycles. The van der Waals surface area contributed by atoms with Crippen molar-refractivity contribution in [3.63, 3.8) is 0 Å². The second-order valence-electron chi connectivity index (χ2n) is 4.53. The Hall–Kier alpha value is -0.610. The molecule has 0 bridgehead atoms. The van der Waals surface area contributed by atoms with Crippen molar-refractivity contribution in [3.8, 4) is 0 Å². The largest absolute Gasteiger partial charge is 0.465 e. The second kappa shape index (κ2) is 7.74. The lowest BCUT2D eigenvalue weighted by Gasteiger charge is -2.23. The van der Waals surface area contributed by atoms with Crippen LogP contribution in [0.15, 0.2) is 0 Å². The van der Waals surface area contributed by atoms with Gasteiger partial charge in [-0.25, -0.2) is 0 Å². The number of methoxy groups -OCH3 is 1. The van der Waals surface area contributed by atoms with E-state index < -0.39 is 11.9 Å². The highest BCUT2D eigenvalue weighted by molar-refractivity contribution is 6.18. The second-order valence-corrected chi connectivity index (χ2v) is 4.84. The van der Waals surface area contributed by atoms with Crippen molar-refractivity contribution in [2.24, 2.45) is 11.8 Å². The number of halogens is 1. The molecular weight excluding hydrogens is 256 g/mol. The Labute approximate surface area is 113 Å². The van der Waals surface area contributed by atoms with E-state index in [2.05, 4.69) is 0 Å². The van der Waals surface area contributed by atoms with Crippen molar-refractivity contribution in [1.29, 1.82) is 0 Å². The van der Waals surface area contributed by atoms with E-state index in [0.29, 0.717) is 13.0 Å². The molecule has 0 saturated heterocycles. The minimum Gasteiger partial charge on any atom is -0.465 e. The van der Waals surface area contributed by atoms with Gasteiger partial charge in [0.05, 0.1) is 12.7 Å². The van der Waals surface area contributed by atoms with Crippen molar-refractivity contribution < 1.29 is 19.1 Å². The van der Waals surface area contributed by atoms with Crippen molar-refractivity contribution >= 4 is 23.4 Å². The first-order valence-electron chi connectivity index (χ1n) is 6.44. The predicted molar refractivity (Wildman–Crippen MR) is 68.6 cm³/mol. The summed E-state index contributed by atoms with van der Waals surface area (Å²) in [6.45, 7) is 2.05. The van der Waals surface area contributed by atoms with Gasteiger partial charge in [0.25, 0.3) is 0 Å². The smallest absolute Gasteiger partial charge is 0.316 e. The maximum Gasteiger partial charge on any atom is 0.316 e. The third-order valence-corrected chi connectivity index (χ3v) is 3.75. The zero-order valence-corrected chi connectivity index (χ0v) is 11.7. The Morgan fingerprint density at radius 3 is 2.67 bits per heavy atom. The van der Waals surface area contributed by atoms with Crippen LogP contribution in [0.5, 0.6) is 0 Å². The van der Waals surface area contributed by atoms with Crippen LogP contribution < -0.4 is 0 Å². The van der Waals surface area contributed by atoms with Gasteiger partial charge in [0.2, 0.25) is 0 Å². The Morgan fingerprint density at radius 2 is 2.11 bits per heavy atom.